The maximum absolute atomic E-state index is 13.1. The number of likely N-dealkylation sites (N-methyl/N-ethyl adjacent to an activating group) is 1. The van der Waals surface area contributed by atoms with Crippen molar-refractivity contribution in [3.05, 3.63) is 60.2 Å². The van der Waals surface area contributed by atoms with Crippen molar-refractivity contribution in [3.8, 4) is 11.1 Å². The fourth-order valence-corrected chi connectivity index (χ4v) is 3.93. The van der Waals surface area contributed by atoms with Crippen molar-refractivity contribution in [2.75, 3.05) is 39.8 Å². The lowest BCUT2D eigenvalue weighted by Gasteiger charge is -2.23. The summed E-state index contributed by atoms with van der Waals surface area (Å²) in [4.78, 5) is 29.1. The van der Waals surface area contributed by atoms with Crippen LogP contribution >= 0.6 is 0 Å². The smallest absolute Gasteiger partial charge is 0.233 e. The van der Waals surface area contributed by atoms with Crippen molar-refractivity contribution in [1.29, 1.82) is 0 Å². The Kier molecular flexibility index (Phi) is 7.42. The van der Waals surface area contributed by atoms with Gasteiger partial charge in [-0.15, -0.1) is 0 Å². The van der Waals surface area contributed by atoms with E-state index < -0.39 is 0 Å². The van der Waals surface area contributed by atoms with Crippen LogP contribution < -0.4 is 5.32 Å². The van der Waals surface area contributed by atoms with Crippen LogP contribution in [0.2, 0.25) is 0 Å². The number of nitrogens with zero attached hydrogens (tertiary/aromatic N) is 2. The van der Waals surface area contributed by atoms with Gasteiger partial charge in [0, 0.05) is 33.2 Å². The molecule has 154 valence electrons. The topological polar surface area (TPSA) is 52.6 Å². The first-order valence-electron chi connectivity index (χ1n) is 10.5. The molecule has 0 saturated carbocycles. The molecular weight excluding hydrogens is 362 g/mol. The Labute approximate surface area is 173 Å². The van der Waals surface area contributed by atoms with E-state index in [1.54, 1.807) is 7.05 Å². The third kappa shape index (κ3) is 5.67. The second kappa shape index (κ2) is 10.2. The quantitative estimate of drug-likeness (QED) is 0.787. The lowest BCUT2D eigenvalue weighted by Crippen LogP contribution is -2.39. The highest BCUT2D eigenvalue weighted by Gasteiger charge is 2.30. The zero-order valence-corrected chi connectivity index (χ0v) is 17.4. The van der Waals surface area contributed by atoms with Gasteiger partial charge < -0.3 is 10.2 Å². The van der Waals surface area contributed by atoms with E-state index in [9.17, 15) is 9.59 Å². The Balaban J connectivity index is 1.74. The van der Waals surface area contributed by atoms with E-state index in [-0.39, 0.29) is 17.7 Å². The summed E-state index contributed by atoms with van der Waals surface area (Å²) in [6.45, 7) is 5.25. The molecule has 29 heavy (non-hydrogen) atoms. The largest absolute Gasteiger partial charge is 0.358 e. The molecule has 1 aliphatic rings. The zero-order valence-electron chi connectivity index (χ0n) is 17.4. The minimum Gasteiger partial charge on any atom is -0.358 e. The number of rotatable bonds is 7. The molecular formula is C24H31N3O2. The minimum atomic E-state index is -0.128. The van der Waals surface area contributed by atoms with E-state index in [2.05, 4.69) is 53.5 Å². The van der Waals surface area contributed by atoms with E-state index in [0.717, 1.165) is 25.1 Å². The Bertz CT molecular complexity index is 805. The van der Waals surface area contributed by atoms with Gasteiger partial charge >= 0.3 is 0 Å². The van der Waals surface area contributed by atoms with E-state index in [4.69, 9.17) is 0 Å². The first-order chi connectivity index (χ1) is 14.1. The highest BCUT2D eigenvalue weighted by molar-refractivity contribution is 5.80. The molecule has 3 rings (SSSR count). The standard InChI is InChI=1S/C24H31N3O2/c1-3-13-27-15-14-26(18-23(28)25-2)17-22(24(27)29)16-19-9-11-21(12-10-19)20-7-5-4-6-8-20/h4-12,22H,3,13-18H2,1-2H3,(H,25,28)/t22-/m1/s1. The number of amides is 2. The molecule has 1 fully saturated rings. The van der Waals surface area contributed by atoms with Gasteiger partial charge in [-0.1, -0.05) is 61.5 Å². The predicted molar refractivity (Wildman–Crippen MR) is 116 cm³/mol. The number of hydrogen-bond acceptors (Lipinski definition) is 3. The molecule has 2 aromatic rings. The zero-order chi connectivity index (χ0) is 20.6. The number of carbonyl (C=O) groups excluding carboxylic acids is 2. The fraction of sp³-hybridized carbons (Fsp3) is 0.417. The van der Waals surface area contributed by atoms with Crippen molar-refractivity contribution in [3.63, 3.8) is 0 Å². The fourth-order valence-electron chi connectivity index (χ4n) is 3.93. The van der Waals surface area contributed by atoms with E-state index >= 15 is 0 Å². The summed E-state index contributed by atoms with van der Waals surface area (Å²) in [5.74, 6) is 0.0713. The minimum absolute atomic E-state index is 0.00708. The van der Waals surface area contributed by atoms with E-state index in [1.807, 2.05) is 23.1 Å². The monoisotopic (exact) mass is 393 g/mol. The van der Waals surface area contributed by atoms with Crippen LogP contribution in [0.5, 0.6) is 0 Å². The first kappa shape index (κ1) is 21.1. The van der Waals surface area contributed by atoms with Crippen molar-refractivity contribution < 1.29 is 9.59 Å². The lowest BCUT2D eigenvalue weighted by molar-refractivity contribution is -0.134. The van der Waals surface area contributed by atoms with Gasteiger partial charge in [0.25, 0.3) is 0 Å². The molecule has 5 nitrogen and oxygen atoms in total. The molecule has 2 aromatic carbocycles. The molecule has 1 heterocycles. The van der Waals surface area contributed by atoms with Gasteiger partial charge in [0.05, 0.1) is 12.5 Å². The Hall–Kier alpha value is -2.66. The van der Waals surface area contributed by atoms with E-state index in [1.165, 1.54) is 11.1 Å². The summed E-state index contributed by atoms with van der Waals surface area (Å²) in [6, 6.07) is 18.8. The molecule has 1 aliphatic heterocycles. The molecule has 0 spiro atoms. The summed E-state index contributed by atoms with van der Waals surface area (Å²) in [6.07, 6.45) is 1.64. The van der Waals surface area contributed by atoms with Gasteiger partial charge in [-0.3, -0.25) is 14.5 Å². The molecule has 1 atom stereocenters. The Morgan fingerprint density at radius 1 is 1.03 bits per heavy atom. The van der Waals surface area contributed by atoms with Crippen LogP contribution in [-0.2, 0) is 16.0 Å². The highest BCUT2D eigenvalue weighted by Crippen LogP contribution is 2.22. The summed E-state index contributed by atoms with van der Waals surface area (Å²) < 4.78 is 0. The summed E-state index contributed by atoms with van der Waals surface area (Å²) in [7, 11) is 1.65. The van der Waals surface area contributed by atoms with Crippen molar-refractivity contribution >= 4 is 11.8 Å². The highest BCUT2D eigenvalue weighted by atomic mass is 16.2. The lowest BCUT2D eigenvalue weighted by atomic mass is 9.95. The van der Waals surface area contributed by atoms with Crippen LogP contribution in [0.15, 0.2) is 54.6 Å². The van der Waals surface area contributed by atoms with E-state index in [0.29, 0.717) is 26.1 Å². The number of nitrogens with one attached hydrogen (secondary N) is 1. The molecule has 0 bridgehead atoms. The molecule has 1 saturated heterocycles. The van der Waals surface area contributed by atoms with Crippen LogP contribution in [0.1, 0.15) is 18.9 Å². The SMILES string of the molecule is CCCN1CCN(CC(=O)NC)C[C@@H](Cc2ccc(-c3ccccc3)cc2)C1=O. The molecule has 0 unspecified atom stereocenters. The van der Waals surface area contributed by atoms with Gasteiger partial charge in [0.15, 0.2) is 0 Å². The Morgan fingerprint density at radius 3 is 2.38 bits per heavy atom. The maximum atomic E-state index is 13.1. The van der Waals surface area contributed by atoms with Gasteiger partial charge in [0.2, 0.25) is 11.8 Å². The number of carbonyl (C=O) groups is 2. The van der Waals surface area contributed by atoms with Gasteiger partial charge in [0.1, 0.15) is 0 Å². The first-order valence-corrected chi connectivity index (χ1v) is 10.5. The summed E-state index contributed by atoms with van der Waals surface area (Å²) in [5, 5.41) is 2.69. The molecule has 0 aliphatic carbocycles. The Morgan fingerprint density at radius 2 is 1.72 bits per heavy atom. The maximum Gasteiger partial charge on any atom is 0.233 e. The predicted octanol–water partition coefficient (Wildman–Crippen LogP) is 2.81. The van der Waals surface area contributed by atoms with Crippen molar-refractivity contribution in [1.82, 2.24) is 15.1 Å². The van der Waals surface area contributed by atoms with Gasteiger partial charge in [-0.05, 0) is 29.5 Å². The average molecular weight is 394 g/mol. The van der Waals surface area contributed by atoms with Crippen LogP contribution in [0.3, 0.4) is 0 Å². The van der Waals surface area contributed by atoms with Gasteiger partial charge in [-0.25, -0.2) is 0 Å². The number of hydrogen-bond donors (Lipinski definition) is 1. The van der Waals surface area contributed by atoms with Crippen molar-refractivity contribution in [2.45, 2.75) is 19.8 Å². The average Bonchev–Trinajstić information content (AvgIpc) is 2.89. The van der Waals surface area contributed by atoms with Crippen LogP contribution in [0.4, 0.5) is 0 Å². The second-order valence-electron chi connectivity index (χ2n) is 7.70. The molecule has 1 N–H and O–H groups in total. The summed E-state index contributed by atoms with van der Waals surface area (Å²) >= 11 is 0. The molecule has 2 amide bonds. The van der Waals surface area contributed by atoms with Crippen LogP contribution in [0, 0.1) is 5.92 Å². The van der Waals surface area contributed by atoms with Crippen LogP contribution in [0.25, 0.3) is 11.1 Å². The van der Waals surface area contributed by atoms with Crippen molar-refractivity contribution in [2.24, 2.45) is 5.92 Å². The molecule has 0 radical (unpaired) electrons. The number of benzene rings is 2. The normalized spacial score (nSPS) is 17.8. The molecule has 0 aromatic heterocycles. The van der Waals surface area contributed by atoms with Crippen LogP contribution in [-0.4, -0.2) is 61.4 Å². The third-order valence-corrected chi connectivity index (χ3v) is 5.51. The second-order valence-corrected chi connectivity index (χ2v) is 7.70. The summed E-state index contributed by atoms with van der Waals surface area (Å²) in [5.41, 5.74) is 3.52. The van der Waals surface area contributed by atoms with Gasteiger partial charge in [-0.2, -0.15) is 0 Å². The molecule has 5 heteroatoms. The third-order valence-electron chi connectivity index (χ3n) is 5.51.